The summed E-state index contributed by atoms with van der Waals surface area (Å²) in [6, 6.07) is 0. The first-order valence-corrected chi connectivity index (χ1v) is 4.29. The highest BCUT2D eigenvalue weighted by Crippen LogP contribution is 1.91. The van der Waals surface area contributed by atoms with Crippen LogP contribution in [-0.2, 0) is 4.79 Å². The van der Waals surface area contributed by atoms with Crippen LogP contribution in [0.3, 0.4) is 0 Å². The van der Waals surface area contributed by atoms with E-state index in [0.29, 0.717) is 18.7 Å². The molecule has 0 heterocycles. The molecule has 3 N–H and O–H groups in total. The predicted octanol–water partition coefficient (Wildman–Crippen LogP) is 0.235. The molecule has 1 atom stereocenters. The first-order chi connectivity index (χ1) is 6.07. The maximum absolute atomic E-state index is 10.3. The molecule has 0 aliphatic carbocycles. The zero-order chi connectivity index (χ0) is 10.3. The fourth-order valence-corrected chi connectivity index (χ4v) is 0.707. The van der Waals surface area contributed by atoms with Crippen molar-refractivity contribution in [1.29, 1.82) is 0 Å². The summed E-state index contributed by atoms with van der Waals surface area (Å²) in [6.07, 6.45) is 1.62. The molecule has 13 heavy (non-hydrogen) atoms. The quantitative estimate of drug-likeness (QED) is 0.411. The van der Waals surface area contributed by atoms with Gasteiger partial charge in [0.15, 0.2) is 0 Å². The third-order valence-electron chi connectivity index (χ3n) is 1.69. The summed E-state index contributed by atoms with van der Waals surface area (Å²) in [7, 11) is 0. The molecule has 0 aromatic carbocycles. The summed E-state index contributed by atoms with van der Waals surface area (Å²) >= 11 is 0. The molecule has 76 valence electrons. The van der Waals surface area contributed by atoms with Crippen molar-refractivity contribution in [3.05, 3.63) is 11.6 Å². The van der Waals surface area contributed by atoms with Crippen LogP contribution < -0.4 is 5.32 Å². The largest absolute Gasteiger partial charge is 0.478 e. The average Bonchev–Trinajstić information content (AvgIpc) is 2.11. The van der Waals surface area contributed by atoms with Gasteiger partial charge in [-0.05, 0) is 12.8 Å². The Labute approximate surface area is 78.3 Å². The minimum absolute atomic E-state index is 0.147. The van der Waals surface area contributed by atoms with Gasteiger partial charge in [0.05, 0.1) is 0 Å². The van der Waals surface area contributed by atoms with Gasteiger partial charge >= 0.3 is 5.97 Å². The SMILES string of the molecule is C/C(=C/CNCC(C)CO)C(=O)O. The number of hydrogen-bond acceptors (Lipinski definition) is 3. The first-order valence-electron chi connectivity index (χ1n) is 4.29. The number of hydrogen-bond donors (Lipinski definition) is 3. The zero-order valence-corrected chi connectivity index (χ0v) is 8.08. The number of carboxylic acid groups (broad SMARTS) is 1. The maximum Gasteiger partial charge on any atom is 0.330 e. The number of aliphatic hydroxyl groups is 1. The minimum atomic E-state index is -0.892. The summed E-state index contributed by atoms with van der Waals surface area (Å²) in [4.78, 5) is 10.3. The first kappa shape index (κ1) is 12.1. The van der Waals surface area contributed by atoms with Crippen LogP contribution in [0.5, 0.6) is 0 Å². The molecule has 0 fully saturated rings. The van der Waals surface area contributed by atoms with E-state index in [1.807, 2.05) is 6.92 Å². The second-order valence-corrected chi connectivity index (χ2v) is 3.14. The Kier molecular flexibility index (Phi) is 6.18. The lowest BCUT2D eigenvalue weighted by Crippen LogP contribution is -2.23. The van der Waals surface area contributed by atoms with Crippen molar-refractivity contribution < 1.29 is 15.0 Å². The lowest BCUT2D eigenvalue weighted by atomic mass is 10.2. The smallest absolute Gasteiger partial charge is 0.330 e. The second-order valence-electron chi connectivity index (χ2n) is 3.14. The highest BCUT2D eigenvalue weighted by molar-refractivity contribution is 5.85. The molecule has 0 aliphatic heterocycles. The molecule has 0 saturated heterocycles. The monoisotopic (exact) mass is 187 g/mol. The molecule has 0 radical (unpaired) electrons. The van der Waals surface area contributed by atoms with E-state index in [-0.39, 0.29) is 12.5 Å². The fraction of sp³-hybridized carbons (Fsp3) is 0.667. The van der Waals surface area contributed by atoms with Gasteiger partial charge in [0.2, 0.25) is 0 Å². The minimum Gasteiger partial charge on any atom is -0.478 e. The molecule has 0 spiro atoms. The normalized spacial score (nSPS) is 14.2. The Morgan fingerprint density at radius 2 is 2.23 bits per heavy atom. The van der Waals surface area contributed by atoms with Crippen molar-refractivity contribution in [2.24, 2.45) is 5.92 Å². The summed E-state index contributed by atoms with van der Waals surface area (Å²) in [6.45, 7) is 4.84. The van der Waals surface area contributed by atoms with Gasteiger partial charge < -0.3 is 15.5 Å². The summed E-state index contributed by atoms with van der Waals surface area (Å²) in [5.74, 6) is -0.685. The van der Waals surface area contributed by atoms with Crippen LogP contribution in [0.25, 0.3) is 0 Å². The predicted molar refractivity (Wildman–Crippen MR) is 50.5 cm³/mol. The zero-order valence-electron chi connectivity index (χ0n) is 8.08. The van der Waals surface area contributed by atoms with E-state index in [4.69, 9.17) is 10.2 Å². The average molecular weight is 187 g/mol. The molecule has 0 aliphatic rings. The topological polar surface area (TPSA) is 69.6 Å². The number of aliphatic hydroxyl groups excluding tert-OH is 1. The number of carboxylic acids is 1. The number of aliphatic carboxylic acids is 1. The number of rotatable bonds is 6. The molecule has 0 amide bonds. The summed E-state index contributed by atoms with van der Waals surface area (Å²) in [5, 5.41) is 20.2. The second kappa shape index (κ2) is 6.62. The van der Waals surface area contributed by atoms with Gasteiger partial charge in [-0.2, -0.15) is 0 Å². The van der Waals surface area contributed by atoms with E-state index < -0.39 is 5.97 Å². The van der Waals surface area contributed by atoms with E-state index in [0.717, 1.165) is 0 Å². The third kappa shape index (κ3) is 6.31. The Hall–Kier alpha value is -0.870. The lowest BCUT2D eigenvalue weighted by Gasteiger charge is -2.07. The van der Waals surface area contributed by atoms with Crippen LogP contribution >= 0.6 is 0 Å². The van der Waals surface area contributed by atoms with Crippen LogP contribution in [0.2, 0.25) is 0 Å². The molecule has 4 heteroatoms. The van der Waals surface area contributed by atoms with Gasteiger partial charge in [-0.25, -0.2) is 4.79 Å². The number of carbonyl (C=O) groups is 1. The number of nitrogens with one attached hydrogen (secondary N) is 1. The maximum atomic E-state index is 10.3. The molecule has 4 nitrogen and oxygen atoms in total. The van der Waals surface area contributed by atoms with Crippen molar-refractivity contribution in [2.75, 3.05) is 19.7 Å². The van der Waals surface area contributed by atoms with Gasteiger partial charge in [0.25, 0.3) is 0 Å². The Bertz CT molecular complexity index is 189. The van der Waals surface area contributed by atoms with Crippen LogP contribution in [0.15, 0.2) is 11.6 Å². The van der Waals surface area contributed by atoms with E-state index in [9.17, 15) is 4.79 Å². The van der Waals surface area contributed by atoms with Gasteiger partial charge in [-0.3, -0.25) is 0 Å². The molecule has 0 saturated carbocycles. The van der Waals surface area contributed by atoms with E-state index in [1.54, 1.807) is 13.0 Å². The van der Waals surface area contributed by atoms with Gasteiger partial charge in [0, 0.05) is 25.3 Å². The van der Waals surface area contributed by atoms with E-state index >= 15 is 0 Å². The Balaban J connectivity index is 3.55. The standard InChI is InChI=1S/C9H17NO3/c1-7(6-11)5-10-4-3-8(2)9(12)13/h3,7,10-11H,4-6H2,1-2H3,(H,12,13)/b8-3-. The molecule has 0 aromatic heterocycles. The molecule has 1 unspecified atom stereocenters. The highest BCUT2D eigenvalue weighted by Gasteiger charge is 1.99. The fourth-order valence-electron chi connectivity index (χ4n) is 0.707. The van der Waals surface area contributed by atoms with Gasteiger partial charge in [0.1, 0.15) is 0 Å². The Morgan fingerprint density at radius 1 is 1.62 bits per heavy atom. The van der Waals surface area contributed by atoms with Crippen LogP contribution in [0.1, 0.15) is 13.8 Å². The Morgan fingerprint density at radius 3 is 2.69 bits per heavy atom. The van der Waals surface area contributed by atoms with Gasteiger partial charge in [-0.15, -0.1) is 0 Å². The van der Waals surface area contributed by atoms with Crippen molar-refractivity contribution in [1.82, 2.24) is 5.32 Å². The third-order valence-corrected chi connectivity index (χ3v) is 1.69. The van der Waals surface area contributed by atoms with E-state index in [2.05, 4.69) is 5.32 Å². The van der Waals surface area contributed by atoms with E-state index in [1.165, 1.54) is 0 Å². The molecular weight excluding hydrogens is 170 g/mol. The van der Waals surface area contributed by atoms with Crippen LogP contribution in [0, 0.1) is 5.92 Å². The van der Waals surface area contributed by atoms with Crippen molar-refractivity contribution in [2.45, 2.75) is 13.8 Å². The van der Waals surface area contributed by atoms with Crippen LogP contribution in [0.4, 0.5) is 0 Å². The van der Waals surface area contributed by atoms with Crippen molar-refractivity contribution in [3.8, 4) is 0 Å². The molecule has 0 rings (SSSR count). The summed E-state index contributed by atoms with van der Waals surface area (Å²) < 4.78 is 0. The van der Waals surface area contributed by atoms with Crippen LogP contribution in [-0.4, -0.2) is 35.9 Å². The summed E-state index contributed by atoms with van der Waals surface area (Å²) in [5.41, 5.74) is 0.337. The highest BCUT2D eigenvalue weighted by atomic mass is 16.4. The lowest BCUT2D eigenvalue weighted by molar-refractivity contribution is -0.132. The van der Waals surface area contributed by atoms with Crippen molar-refractivity contribution >= 4 is 5.97 Å². The molecule has 0 aromatic rings. The molecule has 0 bridgehead atoms. The van der Waals surface area contributed by atoms with Gasteiger partial charge in [-0.1, -0.05) is 13.0 Å². The van der Waals surface area contributed by atoms with Crippen molar-refractivity contribution in [3.63, 3.8) is 0 Å². The molecular formula is C9H17NO3.